The zero-order valence-corrected chi connectivity index (χ0v) is 10.6. The Hall–Kier alpha value is -1.80. The molecule has 0 aliphatic carbocycles. The summed E-state index contributed by atoms with van der Waals surface area (Å²) in [6, 6.07) is 17.8. The fourth-order valence-corrected chi connectivity index (χ4v) is 3.30. The van der Waals surface area contributed by atoms with Gasteiger partial charge in [0.25, 0.3) is 0 Å². The first-order valence-corrected chi connectivity index (χ1v) is 6.69. The average Bonchev–Trinajstić information content (AvgIpc) is 2.44. The van der Waals surface area contributed by atoms with Crippen molar-refractivity contribution in [1.29, 1.82) is 0 Å². The molecule has 88 valence electrons. The maximum atomic E-state index is 12.1. The summed E-state index contributed by atoms with van der Waals surface area (Å²) < 4.78 is 0. The van der Waals surface area contributed by atoms with E-state index in [0.29, 0.717) is 0 Å². The fraction of sp³-hybridized carbons (Fsp3) is 0.0625. The van der Waals surface area contributed by atoms with Crippen LogP contribution in [0, 0.1) is 0 Å². The van der Waals surface area contributed by atoms with Crippen LogP contribution in [0.4, 0.5) is 0 Å². The molecule has 0 radical (unpaired) electrons. The van der Waals surface area contributed by atoms with Crippen LogP contribution in [-0.4, -0.2) is 5.12 Å². The van der Waals surface area contributed by atoms with Gasteiger partial charge in [-0.2, -0.15) is 0 Å². The summed E-state index contributed by atoms with van der Waals surface area (Å²) in [5.41, 5.74) is 3.91. The van der Waals surface area contributed by atoms with Crippen molar-refractivity contribution in [2.24, 2.45) is 0 Å². The van der Waals surface area contributed by atoms with E-state index in [2.05, 4.69) is 6.58 Å². The lowest BCUT2D eigenvalue weighted by molar-refractivity contribution is 0.108. The number of thioether (sulfide) groups is 1. The second-order valence-electron chi connectivity index (χ2n) is 4.27. The molecule has 2 aromatic carbocycles. The predicted octanol–water partition coefficient (Wildman–Crippen LogP) is 4.33. The lowest BCUT2D eigenvalue weighted by atomic mass is 9.95. The lowest BCUT2D eigenvalue weighted by Gasteiger charge is -2.25. The van der Waals surface area contributed by atoms with Crippen LogP contribution < -0.4 is 0 Å². The minimum absolute atomic E-state index is 0.0357. The number of benzene rings is 2. The highest BCUT2D eigenvalue weighted by Crippen LogP contribution is 2.46. The van der Waals surface area contributed by atoms with Gasteiger partial charge in [-0.25, -0.2) is 0 Å². The fourth-order valence-electron chi connectivity index (χ4n) is 2.22. The van der Waals surface area contributed by atoms with Gasteiger partial charge < -0.3 is 0 Å². The smallest absolute Gasteiger partial charge is 0.220 e. The largest absolute Gasteiger partial charge is 0.282 e. The van der Waals surface area contributed by atoms with E-state index in [1.54, 1.807) is 0 Å². The van der Waals surface area contributed by atoms with E-state index >= 15 is 0 Å². The quantitative estimate of drug-likeness (QED) is 0.751. The number of carbonyl (C=O) groups excluding carboxylic acids is 1. The zero-order valence-electron chi connectivity index (χ0n) is 9.80. The Balaban J connectivity index is 2.08. The second-order valence-corrected chi connectivity index (χ2v) is 5.34. The van der Waals surface area contributed by atoms with Gasteiger partial charge in [0.1, 0.15) is 0 Å². The molecule has 3 rings (SSSR count). The van der Waals surface area contributed by atoms with Crippen LogP contribution in [0.25, 0.3) is 5.57 Å². The molecule has 0 N–H and O–H groups in total. The van der Waals surface area contributed by atoms with E-state index in [9.17, 15) is 4.79 Å². The summed E-state index contributed by atoms with van der Waals surface area (Å²) in [6.07, 6.45) is 0. The van der Waals surface area contributed by atoms with Crippen molar-refractivity contribution in [3.63, 3.8) is 0 Å². The highest BCUT2D eigenvalue weighted by Gasteiger charge is 2.29. The topological polar surface area (TPSA) is 17.1 Å². The molecule has 0 bridgehead atoms. The van der Waals surface area contributed by atoms with Crippen LogP contribution >= 0.6 is 11.8 Å². The molecule has 0 fully saturated rings. The molecule has 0 spiro atoms. The molecule has 1 atom stereocenters. The lowest BCUT2D eigenvalue weighted by Crippen LogP contribution is -2.11. The molecule has 1 heterocycles. The molecule has 0 saturated heterocycles. The van der Waals surface area contributed by atoms with Crippen LogP contribution in [0.2, 0.25) is 0 Å². The Morgan fingerprint density at radius 1 is 0.889 bits per heavy atom. The first kappa shape index (κ1) is 11.3. The SMILES string of the molecule is C=C1c2ccccc2C(=O)SC1c1ccccc1. The Morgan fingerprint density at radius 2 is 1.50 bits per heavy atom. The van der Waals surface area contributed by atoms with Crippen molar-refractivity contribution in [2.45, 2.75) is 5.25 Å². The van der Waals surface area contributed by atoms with Crippen LogP contribution in [0.5, 0.6) is 0 Å². The summed E-state index contributed by atoms with van der Waals surface area (Å²) in [6.45, 7) is 4.17. The van der Waals surface area contributed by atoms with Gasteiger partial charge in [-0.05, 0) is 22.8 Å². The van der Waals surface area contributed by atoms with E-state index in [4.69, 9.17) is 0 Å². The van der Waals surface area contributed by atoms with Crippen molar-refractivity contribution in [3.05, 3.63) is 77.9 Å². The monoisotopic (exact) mass is 252 g/mol. The molecular formula is C16H12OS. The normalized spacial score (nSPS) is 18.6. The van der Waals surface area contributed by atoms with E-state index in [1.165, 1.54) is 11.8 Å². The number of carbonyl (C=O) groups is 1. The maximum Gasteiger partial charge on any atom is 0.220 e. The minimum Gasteiger partial charge on any atom is -0.282 e. The van der Waals surface area contributed by atoms with Gasteiger partial charge in [0.2, 0.25) is 5.12 Å². The summed E-state index contributed by atoms with van der Waals surface area (Å²) in [5, 5.41) is 0.167. The third kappa shape index (κ3) is 1.79. The summed E-state index contributed by atoms with van der Waals surface area (Å²) in [4.78, 5) is 12.1. The molecule has 2 aromatic rings. The van der Waals surface area contributed by atoms with Crippen molar-refractivity contribution in [3.8, 4) is 0 Å². The molecule has 2 heteroatoms. The van der Waals surface area contributed by atoms with Gasteiger partial charge in [-0.3, -0.25) is 4.79 Å². The summed E-state index contributed by atoms with van der Waals surface area (Å²) in [5.74, 6) is 0. The Bertz CT molecular complexity index is 616. The van der Waals surface area contributed by atoms with Crippen LogP contribution in [0.3, 0.4) is 0 Å². The standard InChI is InChI=1S/C16H12OS/c1-11-13-9-5-6-10-14(13)16(17)18-15(11)12-7-3-2-4-8-12/h2-10,15H,1H2. The van der Waals surface area contributed by atoms with Crippen LogP contribution in [-0.2, 0) is 0 Å². The van der Waals surface area contributed by atoms with Gasteiger partial charge >= 0.3 is 0 Å². The van der Waals surface area contributed by atoms with Crippen molar-refractivity contribution in [1.82, 2.24) is 0 Å². The Kier molecular flexibility index (Phi) is 2.80. The van der Waals surface area contributed by atoms with E-state index in [0.717, 1.165) is 22.3 Å². The minimum atomic E-state index is 0.0357. The van der Waals surface area contributed by atoms with E-state index < -0.39 is 0 Å². The molecule has 1 aliphatic rings. The van der Waals surface area contributed by atoms with Gasteiger partial charge in [0.05, 0.1) is 5.25 Å². The van der Waals surface area contributed by atoms with Gasteiger partial charge in [-0.15, -0.1) is 0 Å². The molecule has 1 unspecified atom stereocenters. The van der Waals surface area contributed by atoms with E-state index in [-0.39, 0.29) is 10.4 Å². The third-order valence-corrected chi connectivity index (χ3v) is 4.36. The van der Waals surface area contributed by atoms with Crippen LogP contribution in [0.15, 0.2) is 61.2 Å². The highest BCUT2D eigenvalue weighted by atomic mass is 32.2. The predicted molar refractivity (Wildman–Crippen MR) is 76.6 cm³/mol. The average molecular weight is 252 g/mol. The molecule has 0 amide bonds. The number of rotatable bonds is 1. The summed E-state index contributed by atoms with van der Waals surface area (Å²) >= 11 is 1.35. The zero-order chi connectivity index (χ0) is 12.5. The molecule has 0 aromatic heterocycles. The molecular weight excluding hydrogens is 240 g/mol. The second kappa shape index (κ2) is 4.46. The van der Waals surface area contributed by atoms with Gasteiger partial charge in [0, 0.05) is 5.56 Å². The summed E-state index contributed by atoms with van der Waals surface area (Å²) in [7, 11) is 0. The molecule has 18 heavy (non-hydrogen) atoms. The Morgan fingerprint density at radius 3 is 2.22 bits per heavy atom. The number of hydrogen-bond donors (Lipinski definition) is 0. The van der Waals surface area contributed by atoms with Crippen LogP contribution in [0.1, 0.15) is 26.7 Å². The molecule has 0 saturated carbocycles. The highest BCUT2D eigenvalue weighted by molar-refractivity contribution is 8.14. The Labute approximate surface area is 111 Å². The van der Waals surface area contributed by atoms with Crippen molar-refractivity contribution < 1.29 is 4.79 Å². The van der Waals surface area contributed by atoms with Crippen molar-refractivity contribution >= 4 is 22.5 Å². The van der Waals surface area contributed by atoms with E-state index in [1.807, 2.05) is 54.6 Å². The first-order chi connectivity index (χ1) is 8.77. The number of hydrogen-bond acceptors (Lipinski definition) is 2. The first-order valence-electron chi connectivity index (χ1n) is 5.81. The van der Waals surface area contributed by atoms with Crippen molar-refractivity contribution in [2.75, 3.05) is 0 Å². The van der Waals surface area contributed by atoms with Gasteiger partial charge in [-0.1, -0.05) is 66.9 Å². The van der Waals surface area contributed by atoms with Gasteiger partial charge in [0.15, 0.2) is 0 Å². The number of fused-ring (bicyclic) bond motifs is 1. The third-order valence-electron chi connectivity index (χ3n) is 3.14. The molecule has 1 aliphatic heterocycles. The molecule has 1 nitrogen and oxygen atoms in total. The maximum absolute atomic E-state index is 12.1.